The number of nitrogens with two attached hydrogens (primary N) is 1. The minimum Gasteiger partial charge on any atom is -0.368 e. The van der Waals surface area contributed by atoms with Crippen molar-refractivity contribution in [3.63, 3.8) is 0 Å². The van der Waals surface area contributed by atoms with Gasteiger partial charge in [0.05, 0.1) is 12.3 Å². The van der Waals surface area contributed by atoms with Gasteiger partial charge in [0.25, 0.3) is 0 Å². The quantitative estimate of drug-likeness (QED) is 0.585. The van der Waals surface area contributed by atoms with E-state index in [1.165, 1.54) is 5.69 Å². The van der Waals surface area contributed by atoms with Gasteiger partial charge in [0, 0.05) is 38.4 Å². The highest BCUT2D eigenvalue weighted by atomic mass is 32.2. The van der Waals surface area contributed by atoms with Crippen LogP contribution in [0, 0.1) is 0 Å². The molecule has 8 heteroatoms. The van der Waals surface area contributed by atoms with Gasteiger partial charge < -0.3 is 15.1 Å². The predicted molar refractivity (Wildman–Crippen MR) is 94.2 cm³/mol. The van der Waals surface area contributed by atoms with Crippen molar-refractivity contribution in [1.82, 2.24) is 10.2 Å². The molecule has 3 N–H and O–H groups in total. The number of sulfonamides is 1. The van der Waals surface area contributed by atoms with Crippen molar-refractivity contribution >= 4 is 21.7 Å². The summed E-state index contributed by atoms with van der Waals surface area (Å²) in [6, 6.07) is 10.3. The lowest BCUT2D eigenvalue weighted by atomic mass is 10.2. The Labute approximate surface area is 138 Å². The topological polar surface area (TPSA) is 91.0 Å². The summed E-state index contributed by atoms with van der Waals surface area (Å²) in [5.41, 5.74) is 1.23. The first-order valence-corrected chi connectivity index (χ1v) is 9.55. The van der Waals surface area contributed by atoms with Crippen molar-refractivity contribution in [3.8, 4) is 0 Å². The Balaban J connectivity index is 1.93. The maximum Gasteiger partial charge on any atom is 0.210 e. The molecule has 0 aliphatic carbocycles. The van der Waals surface area contributed by atoms with Gasteiger partial charge in [0.1, 0.15) is 0 Å². The Kier molecular flexibility index (Phi) is 6.23. The summed E-state index contributed by atoms with van der Waals surface area (Å²) in [4.78, 5) is 8.87. The van der Waals surface area contributed by atoms with Gasteiger partial charge in [0.15, 0.2) is 5.96 Å². The smallest absolute Gasteiger partial charge is 0.210 e. The van der Waals surface area contributed by atoms with Crippen LogP contribution < -0.4 is 15.4 Å². The lowest BCUT2D eigenvalue weighted by Crippen LogP contribution is -2.52. The molecule has 1 aliphatic rings. The van der Waals surface area contributed by atoms with Crippen molar-refractivity contribution in [1.29, 1.82) is 0 Å². The summed E-state index contributed by atoms with van der Waals surface area (Å²) in [6.45, 7) is 6.42. The van der Waals surface area contributed by atoms with Crippen LogP contribution in [0.4, 0.5) is 5.69 Å². The lowest BCUT2D eigenvalue weighted by Gasteiger charge is -2.37. The predicted octanol–water partition coefficient (Wildman–Crippen LogP) is 0.0626. The molecule has 0 aromatic heterocycles. The summed E-state index contributed by atoms with van der Waals surface area (Å²) in [5.74, 6) is 0.621. The van der Waals surface area contributed by atoms with Crippen LogP contribution in [0.1, 0.15) is 6.92 Å². The van der Waals surface area contributed by atoms with Gasteiger partial charge in [0.2, 0.25) is 10.0 Å². The molecule has 0 spiro atoms. The molecule has 0 radical (unpaired) electrons. The second-order valence-corrected chi connectivity index (χ2v) is 7.15. The fraction of sp³-hybridized carbons (Fsp3) is 0.533. The fourth-order valence-corrected chi connectivity index (χ4v) is 2.87. The van der Waals surface area contributed by atoms with Gasteiger partial charge in [-0.1, -0.05) is 18.2 Å². The summed E-state index contributed by atoms with van der Waals surface area (Å²) >= 11 is 0. The third-order valence-electron chi connectivity index (χ3n) is 3.67. The Hall–Kier alpha value is -1.80. The zero-order valence-corrected chi connectivity index (χ0v) is 14.3. The molecule has 0 unspecified atom stereocenters. The summed E-state index contributed by atoms with van der Waals surface area (Å²) in [6.07, 6.45) is 0. The molecule has 1 heterocycles. The van der Waals surface area contributed by atoms with Gasteiger partial charge in [-0.3, -0.25) is 4.99 Å². The van der Waals surface area contributed by atoms with Crippen LogP contribution in [0.25, 0.3) is 0 Å². The molecule has 1 aromatic rings. The van der Waals surface area contributed by atoms with Gasteiger partial charge in [-0.2, -0.15) is 0 Å². The Morgan fingerprint density at radius 2 is 1.87 bits per heavy atom. The van der Waals surface area contributed by atoms with E-state index >= 15 is 0 Å². The zero-order valence-electron chi connectivity index (χ0n) is 13.5. The Morgan fingerprint density at radius 3 is 2.43 bits per heavy atom. The minimum absolute atomic E-state index is 0.133. The van der Waals surface area contributed by atoms with Crippen molar-refractivity contribution < 1.29 is 8.42 Å². The number of hydrogen-bond donors (Lipinski definition) is 2. The fourth-order valence-electron chi connectivity index (χ4n) is 2.52. The number of nitrogens with zero attached hydrogens (tertiary/aromatic N) is 3. The zero-order chi connectivity index (χ0) is 16.7. The van der Waals surface area contributed by atoms with Gasteiger partial charge in [-0.15, -0.1) is 0 Å². The molecule has 1 aromatic carbocycles. The second kappa shape index (κ2) is 8.16. The molecule has 2 rings (SSSR count). The van der Waals surface area contributed by atoms with Crippen LogP contribution in [0.15, 0.2) is 35.3 Å². The summed E-state index contributed by atoms with van der Waals surface area (Å²) < 4.78 is 22.0. The van der Waals surface area contributed by atoms with E-state index in [1.807, 2.05) is 25.1 Å². The molecule has 23 heavy (non-hydrogen) atoms. The van der Waals surface area contributed by atoms with Crippen LogP contribution in [0.5, 0.6) is 0 Å². The minimum atomic E-state index is -3.47. The van der Waals surface area contributed by atoms with E-state index in [1.54, 1.807) is 0 Å². The SMILES string of the molecule is CCNC(=NCCS(N)(=O)=O)N1CCN(c2ccccc2)CC1. The first-order valence-electron chi connectivity index (χ1n) is 7.83. The van der Waals surface area contributed by atoms with Gasteiger partial charge in [-0.05, 0) is 19.1 Å². The number of primary sulfonamides is 1. The molecule has 1 aliphatic heterocycles. The molecule has 128 valence electrons. The number of rotatable bonds is 5. The highest BCUT2D eigenvalue weighted by molar-refractivity contribution is 7.89. The van der Waals surface area contributed by atoms with Crippen LogP contribution in [0.2, 0.25) is 0 Å². The number of guanidine groups is 1. The molecule has 7 nitrogen and oxygen atoms in total. The molecule has 0 atom stereocenters. The highest BCUT2D eigenvalue weighted by Crippen LogP contribution is 2.15. The van der Waals surface area contributed by atoms with Crippen molar-refractivity contribution in [3.05, 3.63) is 30.3 Å². The number of piperazine rings is 1. The number of nitrogens with one attached hydrogen (secondary N) is 1. The monoisotopic (exact) mass is 339 g/mol. The number of aliphatic imine (C=N–C) groups is 1. The molecular formula is C15H25N5O2S. The van der Waals surface area contributed by atoms with E-state index in [4.69, 9.17) is 5.14 Å². The Bertz CT molecular complexity index is 610. The second-order valence-electron chi connectivity index (χ2n) is 5.41. The van der Waals surface area contributed by atoms with Crippen molar-refractivity contribution in [2.75, 3.05) is 49.9 Å². The van der Waals surface area contributed by atoms with E-state index in [-0.39, 0.29) is 12.3 Å². The van der Waals surface area contributed by atoms with Crippen LogP contribution in [-0.4, -0.2) is 64.3 Å². The van der Waals surface area contributed by atoms with E-state index < -0.39 is 10.0 Å². The van der Waals surface area contributed by atoms with E-state index in [9.17, 15) is 8.42 Å². The maximum atomic E-state index is 11.0. The largest absolute Gasteiger partial charge is 0.368 e. The van der Waals surface area contributed by atoms with Crippen LogP contribution in [0.3, 0.4) is 0 Å². The standard InChI is InChI=1S/C15H25N5O2S/c1-2-17-15(18-8-13-23(16,21)22)20-11-9-19(10-12-20)14-6-4-3-5-7-14/h3-7H,2,8-13H2,1H3,(H,17,18)(H2,16,21,22). The third-order valence-corrected chi connectivity index (χ3v) is 4.42. The lowest BCUT2D eigenvalue weighted by molar-refractivity contribution is 0.373. The average Bonchev–Trinajstić information content (AvgIpc) is 2.54. The molecule has 0 amide bonds. The van der Waals surface area contributed by atoms with Gasteiger partial charge >= 0.3 is 0 Å². The number of hydrogen-bond acceptors (Lipinski definition) is 4. The molecule has 0 saturated carbocycles. The molecule has 0 bridgehead atoms. The first kappa shape index (κ1) is 17.6. The van der Waals surface area contributed by atoms with E-state index in [2.05, 4.69) is 32.2 Å². The van der Waals surface area contributed by atoms with Crippen molar-refractivity contribution in [2.45, 2.75) is 6.92 Å². The maximum absolute atomic E-state index is 11.0. The summed E-state index contributed by atoms with van der Waals surface area (Å²) in [7, 11) is -3.47. The van der Waals surface area contributed by atoms with Crippen LogP contribution in [-0.2, 0) is 10.0 Å². The number of benzene rings is 1. The van der Waals surface area contributed by atoms with E-state index in [0.717, 1.165) is 38.7 Å². The number of para-hydroxylation sites is 1. The highest BCUT2D eigenvalue weighted by Gasteiger charge is 2.19. The normalized spacial score (nSPS) is 16.5. The third kappa shape index (κ3) is 5.72. The Morgan fingerprint density at radius 1 is 1.22 bits per heavy atom. The molecular weight excluding hydrogens is 314 g/mol. The average molecular weight is 339 g/mol. The molecule has 1 fully saturated rings. The summed E-state index contributed by atoms with van der Waals surface area (Å²) in [5, 5.41) is 8.23. The van der Waals surface area contributed by atoms with E-state index in [0.29, 0.717) is 0 Å². The molecule has 1 saturated heterocycles. The number of anilines is 1. The van der Waals surface area contributed by atoms with Gasteiger partial charge in [-0.25, -0.2) is 13.6 Å². The van der Waals surface area contributed by atoms with Crippen molar-refractivity contribution in [2.24, 2.45) is 10.1 Å². The first-order chi connectivity index (χ1) is 11.0. The van der Waals surface area contributed by atoms with Crippen LogP contribution >= 0.6 is 0 Å².